The number of nitrogens with zero attached hydrogens (tertiary/aromatic N) is 3. The molecule has 4 rings (SSSR count). The number of likely N-dealkylation sites (tertiary alicyclic amines) is 1. The van der Waals surface area contributed by atoms with Crippen molar-refractivity contribution in [1.82, 2.24) is 20.0 Å². The van der Waals surface area contributed by atoms with E-state index in [1.54, 1.807) is 14.0 Å². The van der Waals surface area contributed by atoms with Gasteiger partial charge in [0.2, 0.25) is 5.91 Å². The first-order valence-electron chi connectivity index (χ1n) is 14.1. The molecule has 3 heterocycles. The summed E-state index contributed by atoms with van der Waals surface area (Å²) in [7, 11) is 1.61. The van der Waals surface area contributed by atoms with Gasteiger partial charge in [-0.2, -0.15) is 0 Å². The number of carbonyl (C=O) groups excluding carboxylic acids is 1. The van der Waals surface area contributed by atoms with Gasteiger partial charge in [0.25, 0.3) is 5.92 Å². The highest BCUT2D eigenvalue weighted by Crippen LogP contribution is 2.39. The summed E-state index contributed by atoms with van der Waals surface area (Å²) < 4.78 is 27.6. The van der Waals surface area contributed by atoms with E-state index in [4.69, 9.17) is 10.8 Å². The molecule has 0 radical (unpaired) electrons. The van der Waals surface area contributed by atoms with E-state index in [0.717, 1.165) is 44.2 Å². The van der Waals surface area contributed by atoms with Gasteiger partial charge in [-0.1, -0.05) is 44.2 Å². The number of alkyl halides is 2. The van der Waals surface area contributed by atoms with Crippen molar-refractivity contribution >= 4 is 17.6 Å². The summed E-state index contributed by atoms with van der Waals surface area (Å²) in [6.07, 6.45) is 4.74. The van der Waals surface area contributed by atoms with E-state index < -0.39 is 12.0 Å². The van der Waals surface area contributed by atoms with Crippen molar-refractivity contribution in [2.24, 2.45) is 5.92 Å². The Balaban J connectivity index is 1.42. The van der Waals surface area contributed by atoms with Crippen molar-refractivity contribution in [1.29, 1.82) is 10.8 Å². The predicted octanol–water partition coefficient (Wildman–Crippen LogP) is 4.89. The molecule has 0 aliphatic carbocycles. The summed E-state index contributed by atoms with van der Waals surface area (Å²) in [6.45, 7) is 6.25. The molecule has 38 heavy (non-hydrogen) atoms. The van der Waals surface area contributed by atoms with Gasteiger partial charge in [-0.25, -0.2) is 8.78 Å². The number of nitrogens with one attached hydrogen (secondary N) is 3. The lowest BCUT2D eigenvalue weighted by Gasteiger charge is -2.44. The monoisotopic (exact) mass is 530 g/mol. The van der Waals surface area contributed by atoms with E-state index >= 15 is 0 Å². The van der Waals surface area contributed by atoms with Crippen molar-refractivity contribution < 1.29 is 13.6 Å². The summed E-state index contributed by atoms with van der Waals surface area (Å²) in [6, 6.07) is 10.2. The molecular formula is C29H44F2N6O. The average molecular weight is 531 g/mol. The molecule has 5 atom stereocenters. The van der Waals surface area contributed by atoms with Crippen molar-refractivity contribution in [3.05, 3.63) is 35.9 Å². The highest BCUT2D eigenvalue weighted by Gasteiger charge is 2.44. The summed E-state index contributed by atoms with van der Waals surface area (Å²) in [5.41, 5.74) is 1.03. The smallest absolute Gasteiger partial charge is 0.260 e. The fourth-order valence-corrected chi connectivity index (χ4v) is 6.76. The number of rotatable bonds is 8. The van der Waals surface area contributed by atoms with Crippen LogP contribution in [0.15, 0.2) is 30.3 Å². The lowest BCUT2D eigenvalue weighted by molar-refractivity contribution is -0.134. The number of hydrogen-bond acceptors (Lipinski definition) is 5. The van der Waals surface area contributed by atoms with E-state index in [0.29, 0.717) is 23.8 Å². The van der Waals surface area contributed by atoms with E-state index in [-0.39, 0.29) is 43.3 Å². The third-order valence-corrected chi connectivity index (χ3v) is 8.69. The molecule has 0 aromatic heterocycles. The number of benzene rings is 1. The average Bonchev–Trinajstić information content (AvgIpc) is 3.08. The van der Waals surface area contributed by atoms with Crippen LogP contribution in [0.5, 0.6) is 0 Å². The Morgan fingerprint density at radius 3 is 2.32 bits per heavy atom. The summed E-state index contributed by atoms with van der Waals surface area (Å²) >= 11 is 0. The third kappa shape index (κ3) is 6.42. The van der Waals surface area contributed by atoms with Gasteiger partial charge >= 0.3 is 0 Å². The molecule has 2 unspecified atom stereocenters. The van der Waals surface area contributed by atoms with Crippen molar-refractivity contribution in [2.45, 2.75) is 102 Å². The number of carbonyl (C=O) groups is 1. The molecule has 3 N–H and O–H groups in total. The Labute approximate surface area is 226 Å². The predicted molar refractivity (Wildman–Crippen MR) is 147 cm³/mol. The van der Waals surface area contributed by atoms with Crippen LogP contribution in [0.25, 0.3) is 0 Å². The highest BCUT2D eigenvalue weighted by atomic mass is 19.3. The first-order chi connectivity index (χ1) is 18.0. The van der Waals surface area contributed by atoms with Gasteiger partial charge in [-0.15, -0.1) is 0 Å². The number of hydrogen-bond donors (Lipinski definition) is 3. The maximum absolute atomic E-state index is 13.8. The fraction of sp³-hybridized carbons (Fsp3) is 0.690. The minimum absolute atomic E-state index is 0.0793. The van der Waals surface area contributed by atoms with Gasteiger partial charge in [0.05, 0.1) is 24.5 Å². The van der Waals surface area contributed by atoms with Crippen LogP contribution < -0.4 is 5.32 Å². The van der Waals surface area contributed by atoms with Crippen molar-refractivity contribution in [2.75, 3.05) is 20.1 Å². The molecule has 210 valence electrons. The van der Waals surface area contributed by atoms with Gasteiger partial charge in [-0.3, -0.25) is 25.4 Å². The zero-order valence-electron chi connectivity index (χ0n) is 23.2. The molecule has 3 aliphatic heterocycles. The van der Waals surface area contributed by atoms with Crippen LogP contribution in [0.3, 0.4) is 0 Å². The lowest BCUT2D eigenvalue weighted by atomic mass is 9.93. The molecule has 3 fully saturated rings. The molecule has 7 nitrogen and oxygen atoms in total. The number of likely N-dealkylation sites (N-methyl/N-ethyl adjacent to an activating group) is 1. The number of amides is 1. The molecule has 9 heteroatoms. The van der Waals surface area contributed by atoms with Gasteiger partial charge < -0.3 is 10.2 Å². The van der Waals surface area contributed by atoms with Crippen LogP contribution >= 0.6 is 0 Å². The number of halogens is 2. The molecule has 1 aromatic carbocycles. The third-order valence-electron chi connectivity index (χ3n) is 8.69. The van der Waals surface area contributed by atoms with Crippen LogP contribution in [0.1, 0.15) is 77.3 Å². The standard InChI is InChI=1S/C29H44F2N6O/c1-19(2)27(33)37(20(3)32)24-16-22-10-11-23(17-24)36(22)15-13-25(21-8-6-5-7-9-21)34-28(38)26-12-14-29(30,31)18-35(26)4/h5-9,19,22-26,32-33H,10-18H2,1-4H3,(H,34,38)/t22-,23?,24?,25-,26+/m0/s1. The quantitative estimate of drug-likeness (QED) is 0.330. The molecule has 3 saturated heterocycles. The normalized spacial score (nSPS) is 28.2. The topological polar surface area (TPSA) is 86.5 Å². The van der Waals surface area contributed by atoms with Gasteiger partial charge in [-0.05, 0) is 58.1 Å². The Bertz CT molecular complexity index is 988. The molecule has 0 spiro atoms. The van der Waals surface area contributed by atoms with Crippen molar-refractivity contribution in [3.8, 4) is 0 Å². The Kier molecular flexibility index (Phi) is 8.87. The summed E-state index contributed by atoms with van der Waals surface area (Å²) in [5.74, 6) is -1.88. The van der Waals surface area contributed by atoms with Crippen molar-refractivity contribution in [3.63, 3.8) is 0 Å². The second-order valence-electron chi connectivity index (χ2n) is 11.8. The second kappa shape index (κ2) is 11.8. The number of piperidine rings is 2. The molecule has 3 aliphatic rings. The molecule has 1 aromatic rings. The first-order valence-corrected chi connectivity index (χ1v) is 14.1. The Morgan fingerprint density at radius 1 is 1.13 bits per heavy atom. The van der Waals surface area contributed by atoms with Crippen LogP contribution in [0.2, 0.25) is 0 Å². The first kappa shape index (κ1) is 28.6. The summed E-state index contributed by atoms with van der Waals surface area (Å²) in [4.78, 5) is 19.2. The zero-order chi connectivity index (χ0) is 27.6. The molecule has 2 bridgehead atoms. The molecular weight excluding hydrogens is 486 g/mol. The molecule has 1 amide bonds. The van der Waals surface area contributed by atoms with Gasteiger partial charge in [0.1, 0.15) is 5.84 Å². The maximum atomic E-state index is 13.8. The van der Waals surface area contributed by atoms with E-state index in [2.05, 4.69) is 10.2 Å². The van der Waals surface area contributed by atoms with Crippen LogP contribution in [0.4, 0.5) is 8.78 Å². The largest absolute Gasteiger partial charge is 0.348 e. The molecule has 0 saturated carbocycles. The fourth-order valence-electron chi connectivity index (χ4n) is 6.76. The number of fused-ring (bicyclic) bond motifs is 2. The minimum Gasteiger partial charge on any atom is -0.348 e. The van der Waals surface area contributed by atoms with Crippen LogP contribution in [-0.4, -0.2) is 82.5 Å². The van der Waals surface area contributed by atoms with E-state index in [1.807, 2.05) is 49.1 Å². The number of amidine groups is 2. The van der Waals surface area contributed by atoms with Gasteiger partial charge in [0, 0.05) is 37.0 Å². The van der Waals surface area contributed by atoms with Crippen LogP contribution in [-0.2, 0) is 4.79 Å². The Hall–Kier alpha value is -2.39. The SMILES string of the molecule is CC(=N)N(C(=N)C(C)C)C1CC2CC[C@@H](C1)N2CC[C@H](NC(=O)[C@H]1CCC(F)(F)CN1C)c1ccccc1. The van der Waals surface area contributed by atoms with Crippen LogP contribution in [0, 0.1) is 16.7 Å². The maximum Gasteiger partial charge on any atom is 0.260 e. The minimum atomic E-state index is -2.74. The Morgan fingerprint density at radius 2 is 1.76 bits per heavy atom. The lowest BCUT2D eigenvalue weighted by Crippen LogP contribution is -2.55. The van der Waals surface area contributed by atoms with Gasteiger partial charge in [0.15, 0.2) is 0 Å². The van der Waals surface area contributed by atoms with E-state index in [9.17, 15) is 13.6 Å². The summed E-state index contributed by atoms with van der Waals surface area (Å²) in [5, 5.41) is 20.1. The zero-order valence-corrected chi connectivity index (χ0v) is 23.2. The highest BCUT2D eigenvalue weighted by molar-refractivity contribution is 5.98. The van der Waals surface area contributed by atoms with E-state index in [1.165, 1.54) is 4.90 Å². The second-order valence-corrected chi connectivity index (χ2v) is 11.8.